The van der Waals surface area contributed by atoms with Crippen molar-refractivity contribution < 1.29 is 14.4 Å². The topological polar surface area (TPSA) is 88.4 Å². The molecule has 0 saturated carbocycles. The van der Waals surface area contributed by atoms with Crippen molar-refractivity contribution in [1.82, 2.24) is 24.8 Å². The van der Waals surface area contributed by atoms with Gasteiger partial charge < -0.3 is 4.90 Å². The molecule has 0 radical (unpaired) electrons. The number of likely N-dealkylation sites (tertiary alicyclic amines) is 2. The van der Waals surface area contributed by atoms with Gasteiger partial charge >= 0.3 is 0 Å². The van der Waals surface area contributed by atoms with E-state index in [1.807, 2.05) is 42.5 Å². The van der Waals surface area contributed by atoms with Crippen molar-refractivity contribution in [3.63, 3.8) is 0 Å². The first kappa shape index (κ1) is 16.9. The summed E-state index contributed by atoms with van der Waals surface area (Å²) in [5.41, 5.74) is 1.02. The van der Waals surface area contributed by atoms with Gasteiger partial charge in [-0.25, -0.2) is 0 Å². The Hall–Kier alpha value is -3.29. The monoisotopic (exact) mass is 377 g/mol. The number of para-hydroxylation sites is 1. The SMILES string of the molecule is O=C(c1cnn(-c2ccccc2)n1)N1CC(N2C(=O)[C@@H]3CC=CC[C@H]3C2=O)C1. The first-order valence-electron chi connectivity index (χ1n) is 9.42. The van der Waals surface area contributed by atoms with Gasteiger partial charge in [-0.15, -0.1) is 5.10 Å². The van der Waals surface area contributed by atoms with E-state index < -0.39 is 0 Å². The summed E-state index contributed by atoms with van der Waals surface area (Å²) >= 11 is 0. The van der Waals surface area contributed by atoms with Gasteiger partial charge in [-0.2, -0.15) is 9.90 Å². The number of imide groups is 1. The smallest absolute Gasteiger partial charge is 0.276 e. The molecule has 2 aromatic rings. The Morgan fingerprint density at radius 3 is 2.25 bits per heavy atom. The van der Waals surface area contributed by atoms with Crippen molar-refractivity contribution in [2.75, 3.05) is 13.1 Å². The molecule has 8 heteroatoms. The summed E-state index contributed by atoms with van der Waals surface area (Å²) in [4.78, 5) is 42.3. The molecule has 0 unspecified atom stereocenters. The lowest BCUT2D eigenvalue weighted by molar-refractivity contribution is -0.145. The molecule has 2 saturated heterocycles. The van der Waals surface area contributed by atoms with Crippen LogP contribution in [0, 0.1) is 11.8 Å². The van der Waals surface area contributed by atoms with Crippen LogP contribution in [-0.2, 0) is 9.59 Å². The molecule has 1 aromatic heterocycles. The fraction of sp³-hybridized carbons (Fsp3) is 0.350. The van der Waals surface area contributed by atoms with Crippen LogP contribution in [0.25, 0.3) is 5.69 Å². The molecule has 2 atom stereocenters. The number of carbonyl (C=O) groups is 3. The Labute approximate surface area is 161 Å². The van der Waals surface area contributed by atoms with Crippen LogP contribution in [0.2, 0.25) is 0 Å². The minimum Gasteiger partial charge on any atom is -0.333 e. The van der Waals surface area contributed by atoms with Crippen LogP contribution in [0.1, 0.15) is 23.3 Å². The summed E-state index contributed by atoms with van der Waals surface area (Å²) in [5, 5.41) is 8.40. The lowest BCUT2D eigenvalue weighted by atomic mass is 9.85. The molecule has 2 fully saturated rings. The van der Waals surface area contributed by atoms with Gasteiger partial charge in [0, 0.05) is 13.1 Å². The summed E-state index contributed by atoms with van der Waals surface area (Å²) in [6, 6.07) is 9.11. The Balaban J connectivity index is 1.25. The predicted molar refractivity (Wildman–Crippen MR) is 98.3 cm³/mol. The van der Waals surface area contributed by atoms with E-state index in [0.29, 0.717) is 25.9 Å². The first-order chi connectivity index (χ1) is 13.6. The standard InChI is InChI=1S/C20H19N5O3/c26-18-15-8-4-5-9-16(15)19(27)24(18)14-11-23(12-14)20(28)17-10-21-25(22-17)13-6-2-1-3-7-13/h1-7,10,14-16H,8-9,11-12H2/t15-,16-/m1/s1. The maximum absolute atomic E-state index is 12.7. The zero-order chi connectivity index (χ0) is 19.3. The van der Waals surface area contributed by atoms with Crippen molar-refractivity contribution in [2.24, 2.45) is 11.8 Å². The van der Waals surface area contributed by atoms with Crippen LogP contribution in [0.3, 0.4) is 0 Å². The van der Waals surface area contributed by atoms with Crippen LogP contribution in [0.5, 0.6) is 0 Å². The highest BCUT2D eigenvalue weighted by atomic mass is 16.2. The fourth-order valence-corrected chi connectivity index (χ4v) is 4.18. The number of rotatable bonds is 3. The van der Waals surface area contributed by atoms with E-state index in [2.05, 4.69) is 10.2 Å². The molecule has 5 rings (SSSR count). The molecule has 3 heterocycles. The lowest BCUT2D eigenvalue weighted by Gasteiger charge is -2.42. The van der Waals surface area contributed by atoms with Crippen LogP contribution < -0.4 is 0 Å². The normalized spacial score (nSPS) is 24.4. The molecular formula is C20H19N5O3. The Morgan fingerprint density at radius 2 is 1.61 bits per heavy atom. The minimum absolute atomic E-state index is 0.0912. The van der Waals surface area contributed by atoms with Crippen LogP contribution in [-0.4, -0.2) is 61.6 Å². The maximum Gasteiger partial charge on any atom is 0.276 e. The van der Waals surface area contributed by atoms with Gasteiger partial charge in [-0.3, -0.25) is 19.3 Å². The molecule has 3 amide bonds. The molecule has 8 nitrogen and oxygen atoms in total. The highest BCUT2D eigenvalue weighted by Crippen LogP contribution is 2.37. The summed E-state index contributed by atoms with van der Waals surface area (Å²) in [7, 11) is 0. The molecule has 28 heavy (non-hydrogen) atoms. The zero-order valence-electron chi connectivity index (χ0n) is 15.1. The van der Waals surface area contributed by atoms with Crippen molar-refractivity contribution in [3.05, 3.63) is 54.4 Å². The summed E-state index contributed by atoms with van der Waals surface area (Å²) in [6.45, 7) is 0.697. The van der Waals surface area contributed by atoms with Crippen molar-refractivity contribution in [2.45, 2.75) is 18.9 Å². The number of hydrogen-bond donors (Lipinski definition) is 0. The first-order valence-corrected chi connectivity index (χ1v) is 9.42. The number of hydrogen-bond acceptors (Lipinski definition) is 5. The second-order valence-corrected chi connectivity index (χ2v) is 7.42. The number of aromatic nitrogens is 3. The van der Waals surface area contributed by atoms with Gasteiger partial charge in [0.15, 0.2) is 5.69 Å². The van der Waals surface area contributed by atoms with Crippen LogP contribution in [0.15, 0.2) is 48.7 Å². The Bertz CT molecular complexity index is 951. The maximum atomic E-state index is 12.7. The second kappa shape index (κ2) is 6.40. The number of nitrogens with zero attached hydrogens (tertiary/aromatic N) is 5. The quantitative estimate of drug-likeness (QED) is 0.589. The summed E-state index contributed by atoms with van der Waals surface area (Å²) in [6.07, 6.45) is 6.65. The van der Waals surface area contributed by atoms with E-state index in [4.69, 9.17) is 0 Å². The van der Waals surface area contributed by atoms with Crippen LogP contribution >= 0.6 is 0 Å². The number of allylic oxidation sites excluding steroid dienone is 2. The predicted octanol–water partition coefficient (Wildman–Crippen LogP) is 1.04. The highest BCUT2D eigenvalue weighted by Gasteiger charge is 2.52. The van der Waals surface area contributed by atoms with Gasteiger partial charge in [0.2, 0.25) is 11.8 Å². The zero-order valence-corrected chi connectivity index (χ0v) is 15.1. The average molecular weight is 377 g/mol. The van der Waals surface area contributed by atoms with E-state index in [1.165, 1.54) is 15.9 Å². The van der Waals surface area contributed by atoms with Gasteiger partial charge in [-0.05, 0) is 25.0 Å². The highest BCUT2D eigenvalue weighted by molar-refractivity contribution is 6.06. The molecule has 0 N–H and O–H groups in total. The fourth-order valence-electron chi connectivity index (χ4n) is 4.18. The second-order valence-electron chi connectivity index (χ2n) is 7.42. The molecule has 1 aromatic carbocycles. The van der Waals surface area contributed by atoms with Gasteiger partial charge in [0.1, 0.15) is 0 Å². The third-order valence-electron chi connectivity index (χ3n) is 5.75. The molecule has 2 aliphatic heterocycles. The van der Waals surface area contributed by atoms with E-state index in [0.717, 1.165) is 5.69 Å². The Kier molecular flexibility index (Phi) is 3.85. The number of amides is 3. The van der Waals surface area contributed by atoms with Gasteiger partial charge in [-0.1, -0.05) is 30.4 Å². The minimum atomic E-state index is -0.239. The van der Waals surface area contributed by atoms with E-state index in [1.54, 1.807) is 4.90 Å². The van der Waals surface area contributed by atoms with E-state index >= 15 is 0 Å². The summed E-state index contributed by atoms with van der Waals surface area (Å²) < 4.78 is 0. The molecule has 3 aliphatic rings. The average Bonchev–Trinajstić information content (AvgIpc) is 3.28. The number of fused-ring (bicyclic) bond motifs is 1. The van der Waals surface area contributed by atoms with Crippen molar-refractivity contribution in [1.29, 1.82) is 0 Å². The van der Waals surface area contributed by atoms with Gasteiger partial charge in [0.05, 0.1) is 29.8 Å². The molecular weight excluding hydrogens is 358 g/mol. The van der Waals surface area contributed by atoms with Crippen molar-refractivity contribution in [3.8, 4) is 5.69 Å². The Morgan fingerprint density at radius 1 is 0.964 bits per heavy atom. The lowest BCUT2D eigenvalue weighted by Crippen LogP contribution is -2.62. The molecule has 1 aliphatic carbocycles. The number of benzene rings is 1. The molecule has 142 valence electrons. The van der Waals surface area contributed by atoms with Gasteiger partial charge in [0.25, 0.3) is 5.91 Å². The molecule has 0 spiro atoms. The number of carbonyl (C=O) groups excluding carboxylic acids is 3. The third-order valence-corrected chi connectivity index (χ3v) is 5.75. The van der Waals surface area contributed by atoms with E-state index in [9.17, 15) is 14.4 Å². The summed E-state index contributed by atoms with van der Waals surface area (Å²) in [5.74, 6) is -0.879. The van der Waals surface area contributed by atoms with E-state index in [-0.39, 0.29) is 41.3 Å². The third kappa shape index (κ3) is 2.56. The van der Waals surface area contributed by atoms with Crippen molar-refractivity contribution >= 4 is 17.7 Å². The van der Waals surface area contributed by atoms with Crippen LogP contribution in [0.4, 0.5) is 0 Å². The largest absolute Gasteiger partial charge is 0.333 e. The molecule has 0 bridgehead atoms.